The molecule has 2 aromatic heterocycles. The molecule has 0 spiro atoms. The number of rotatable bonds is 4. The molecule has 38 heavy (non-hydrogen) atoms. The molecule has 0 saturated carbocycles. The number of anilines is 3. The Labute approximate surface area is 227 Å². The monoisotopic (exact) mass is 704 g/mol. The largest absolute Gasteiger partial charge is 0.573 e. The summed E-state index contributed by atoms with van der Waals surface area (Å²) in [5.74, 6) is -0.150. The molecule has 4 radical (unpaired) electrons. The van der Waals surface area contributed by atoms with Crippen molar-refractivity contribution >= 4 is 25.6 Å². The smallest absolute Gasteiger partial charge is 0.406 e. The van der Waals surface area contributed by atoms with Crippen molar-refractivity contribution in [3.8, 4) is 17.1 Å². The van der Waals surface area contributed by atoms with E-state index in [-0.39, 0.29) is 59.3 Å². The number of para-hydroxylation sites is 1. The molecule has 0 atom stereocenters. The first-order chi connectivity index (χ1) is 17.1. The molecule has 196 valence electrons. The number of pyridine rings is 1. The molecular weight excluding hydrogens is 689 g/mol. The summed E-state index contributed by atoms with van der Waals surface area (Å²) in [5.41, 5.74) is 1.52. The first kappa shape index (κ1) is 28.9. The Balaban J connectivity index is 0.00000200. The molecule has 16 heteroatoms. The number of nitrogens with zero attached hydrogens (tertiary/aromatic N) is 6. The predicted molar refractivity (Wildman–Crippen MR) is 120 cm³/mol. The molecule has 0 amide bonds. The van der Waals surface area contributed by atoms with E-state index in [1.54, 1.807) is 18.2 Å². The topological polar surface area (TPSA) is 90.2 Å². The van der Waals surface area contributed by atoms with Crippen molar-refractivity contribution in [1.82, 2.24) is 25.6 Å². The Morgan fingerprint density at radius 2 is 1.71 bits per heavy atom. The molecule has 0 unspecified atom stereocenters. The summed E-state index contributed by atoms with van der Waals surface area (Å²) in [6, 6.07) is 12.6. The molecule has 0 bridgehead atoms. The number of ether oxygens (including phenoxy) is 1. The number of benzene rings is 2. The van der Waals surface area contributed by atoms with Crippen molar-refractivity contribution in [2.45, 2.75) is 25.6 Å². The third kappa shape index (κ3) is 6.25. The van der Waals surface area contributed by atoms with Crippen molar-refractivity contribution in [3.05, 3.63) is 71.4 Å². The minimum absolute atomic E-state index is 0. The van der Waals surface area contributed by atoms with Crippen molar-refractivity contribution in [2.75, 3.05) is 10.2 Å². The van der Waals surface area contributed by atoms with Crippen LogP contribution in [0.25, 0.3) is 11.4 Å². The van der Waals surface area contributed by atoms with Gasteiger partial charge in [-0.2, -0.15) is 13.2 Å². The van der Waals surface area contributed by atoms with Crippen LogP contribution in [0.4, 0.5) is 43.5 Å². The van der Waals surface area contributed by atoms with E-state index in [4.69, 9.17) is 0 Å². The van der Waals surface area contributed by atoms with Crippen molar-refractivity contribution in [2.24, 2.45) is 0 Å². The maximum Gasteiger partial charge on any atom is 0.573 e. The van der Waals surface area contributed by atoms with E-state index in [9.17, 15) is 26.3 Å². The molecule has 5 rings (SSSR count). The minimum atomic E-state index is -4.82. The Hall–Kier alpha value is -3.63. The van der Waals surface area contributed by atoms with Gasteiger partial charge in [-0.3, -0.25) is 10.4 Å². The second kappa shape index (κ2) is 11.0. The number of alkyl halides is 6. The summed E-state index contributed by atoms with van der Waals surface area (Å²) in [6.07, 6.45) is -9.45. The van der Waals surface area contributed by atoms with Gasteiger partial charge in [-0.15, -0.1) is 13.2 Å². The number of halogens is 6. The second-order valence-electron chi connectivity index (χ2n) is 7.78. The van der Waals surface area contributed by atoms with Gasteiger partial charge in [0.1, 0.15) is 17.3 Å². The van der Waals surface area contributed by atoms with Crippen LogP contribution in [0.5, 0.6) is 5.75 Å². The summed E-state index contributed by atoms with van der Waals surface area (Å²) in [7, 11) is 0. The van der Waals surface area contributed by atoms with Gasteiger partial charge < -0.3 is 20.1 Å². The van der Waals surface area contributed by atoms with Crippen LogP contribution in [-0.2, 0) is 39.7 Å². The fourth-order valence-electron chi connectivity index (χ4n) is 3.86. The average molecular weight is 703 g/mol. The van der Waals surface area contributed by atoms with E-state index in [0.717, 1.165) is 6.07 Å². The van der Waals surface area contributed by atoms with Gasteiger partial charge in [0.05, 0.1) is 17.2 Å². The third-order valence-electron chi connectivity index (χ3n) is 5.33. The molecule has 0 aliphatic carbocycles. The number of nitrogens with one attached hydrogen (secondary N) is 1. The number of aromatic nitrogens is 5. The molecule has 3 heterocycles. The zero-order chi connectivity index (χ0) is 25.5. The van der Waals surface area contributed by atoms with Crippen LogP contribution >= 0.6 is 0 Å². The standard InChI is InChI=1S/C22H14F6N7O.B.Re/c23-21(24,25)17-9-6-13-11-35(10-12-4-7-14(8-5-12)36-22(26,27)28)18-15(20-31-33-34-32-20)2-1-3-16(18)29-19(13)30-17;;/h1-9H,10-11H2,(H-,29,30,31,32,33,34);;/q-1;;. The second-order valence-corrected chi connectivity index (χ2v) is 7.78. The molecule has 2 aromatic carbocycles. The van der Waals surface area contributed by atoms with Crippen LogP contribution in [0.3, 0.4) is 0 Å². The van der Waals surface area contributed by atoms with Crippen molar-refractivity contribution in [1.29, 1.82) is 0 Å². The van der Waals surface area contributed by atoms with Gasteiger partial charge in [0.2, 0.25) is 0 Å². The summed E-state index contributed by atoms with van der Waals surface area (Å²) >= 11 is 0. The number of tetrazole rings is 1. The first-order valence-electron chi connectivity index (χ1n) is 10.3. The van der Waals surface area contributed by atoms with E-state index in [1.807, 2.05) is 4.90 Å². The number of fused-ring (bicyclic) bond motifs is 2. The van der Waals surface area contributed by atoms with Gasteiger partial charge in [-0.25, -0.2) is 10.1 Å². The fourth-order valence-corrected chi connectivity index (χ4v) is 3.86. The van der Waals surface area contributed by atoms with Gasteiger partial charge in [0, 0.05) is 53.1 Å². The number of hydrogen-bond acceptors (Lipinski definition) is 7. The van der Waals surface area contributed by atoms with Crippen LogP contribution in [0, 0.1) is 0 Å². The summed E-state index contributed by atoms with van der Waals surface area (Å²) < 4.78 is 81.3. The van der Waals surface area contributed by atoms with E-state index in [1.165, 1.54) is 30.3 Å². The Morgan fingerprint density at radius 3 is 2.34 bits per heavy atom. The molecule has 1 aliphatic rings. The summed E-state index contributed by atoms with van der Waals surface area (Å²) in [6.45, 7) is 0.305. The van der Waals surface area contributed by atoms with E-state index >= 15 is 0 Å². The van der Waals surface area contributed by atoms with Gasteiger partial charge in [0.25, 0.3) is 0 Å². The fraction of sp³-hybridized carbons (Fsp3) is 0.182. The molecule has 8 nitrogen and oxygen atoms in total. The maximum atomic E-state index is 13.3. The number of hydrogen-bond donors (Lipinski definition) is 1. The van der Waals surface area contributed by atoms with Crippen LogP contribution in [0.2, 0.25) is 0 Å². The quantitative estimate of drug-likeness (QED) is 0.242. The molecule has 1 N–H and O–H groups in total. The van der Waals surface area contributed by atoms with Crippen LogP contribution in [-0.4, -0.2) is 35.2 Å². The molecular formula is C22H14BF6N7ORe-. The zero-order valence-electron chi connectivity index (χ0n) is 18.9. The van der Waals surface area contributed by atoms with Gasteiger partial charge in [-0.05, 0) is 29.8 Å². The molecule has 0 fully saturated rings. The van der Waals surface area contributed by atoms with E-state index < -0.39 is 18.2 Å². The Kier molecular flexibility index (Phi) is 8.38. The van der Waals surface area contributed by atoms with Crippen LogP contribution < -0.4 is 20.2 Å². The Morgan fingerprint density at radius 1 is 0.974 bits per heavy atom. The summed E-state index contributed by atoms with van der Waals surface area (Å²) in [5, 5.41) is 17.8. The maximum absolute atomic E-state index is 13.3. The molecule has 1 aliphatic heterocycles. The van der Waals surface area contributed by atoms with Gasteiger partial charge in [0.15, 0.2) is 0 Å². The SMILES string of the molecule is FC(F)(F)Oc1ccc(CN2Cc3ccc(C(F)(F)F)nc3Nc3cccc(-c4nn[n-]n4)c32)cc1.[B].[Re]. The molecule has 4 aromatic rings. The minimum Gasteiger partial charge on any atom is -0.406 e. The van der Waals surface area contributed by atoms with Gasteiger partial charge in [-0.1, -0.05) is 30.3 Å². The van der Waals surface area contributed by atoms with Crippen LogP contribution in [0.1, 0.15) is 16.8 Å². The van der Waals surface area contributed by atoms with E-state index in [2.05, 4.69) is 35.7 Å². The average Bonchev–Trinajstić information content (AvgIpc) is 3.29. The zero-order valence-corrected chi connectivity index (χ0v) is 21.6. The third-order valence-corrected chi connectivity index (χ3v) is 5.33. The van der Waals surface area contributed by atoms with E-state index in [0.29, 0.717) is 28.1 Å². The Bertz CT molecular complexity index is 1380. The summed E-state index contributed by atoms with van der Waals surface area (Å²) in [4.78, 5) is 5.61. The normalized spacial score (nSPS) is 12.7. The van der Waals surface area contributed by atoms with Crippen molar-refractivity contribution in [3.63, 3.8) is 0 Å². The first-order valence-corrected chi connectivity index (χ1v) is 10.3. The van der Waals surface area contributed by atoms with Gasteiger partial charge >= 0.3 is 12.5 Å². The van der Waals surface area contributed by atoms with Crippen LogP contribution in [0.15, 0.2) is 54.6 Å². The molecule has 0 saturated heterocycles. The van der Waals surface area contributed by atoms with Crippen molar-refractivity contribution < 1.29 is 51.5 Å². The predicted octanol–water partition coefficient (Wildman–Crippen LogP) is 4.69.